The number of methoxy groups -OCH3 is 1. The van der Waals surface area contributed by atoms with Crippen LogP contribution in [-0.2, 0) is 11.2 Å². The first kappa shape index (κ1) is 15.4. The highest BCUT2D eigenvalue weighted by Gasteiger charge is 2.22. The van der Waals surface area contributed by atoms with Crippen LogP contribution in [0.4, 0.5) is 0 Å². The summed E-state index contributed by atoms with van der Waals surface area (Å²) >= 11 is 6.24. The van der Waals surface area contributed by atoms with Crippen LogP contribution in [0.3, 0.4) is 0 Å². The van der Waals surface area contributed by atoms with Crippen LogP contribution in [0.1, 0.15) is 31.4 Å². The van der Waals surface area contributed by atoms with Gasteiger partial charge < -0.3 is 4.74 Å². The van der Waals surface area contributed by atoms with Gasteiger partial charge in [-0.3, -0.25) is 11.3 Å². The third kappa shape index (κ3) is 4.58. The van der Waals surface area contributed by atoms with Crippen LogP contribution in [0.25, 0.3) is 0 Å². The Morgan fingerprint density at radius 1 is 1.44 bits per heavy atom. The number of hydrogen-bond donors (Lipinski definition) is 2. The molecule has 0 spiro atoms. The predicted molar refractivity (Wildman–Crippen MR) is 76.7 cm³/mol. The van der Waals surface area contributed by atoms with Crippen molar-refractivity contribution < 1.29 is 4.74 Å². The van der Waals surface area contributed by atoms with Gasteiger partial charge in [0.05, 0.1) is 5.60 Å². The molecule has 3 nitrogen and oxygen atoms in total. The highest BCUT2D eigenvalue weighted by Crippen LogP contribution is 2.22. The van der Waals surface area contributed by atoms with E-state index in [9.17, 15) is 0 Å². The van der Waals surface area contributed by atoms with E-state index in [-0.39, 0.29) is 11.6 Å². The summed E-state index contributed by atoms with van der Waals surface area (Å²) in [4.78, 5) is 0. The molecule has 0 heterocycles. The van der Waals surface area contributed by atoms with Crippen LogP contribution in [0, 0.1) is 6.92 Å². The molecule has 1 rings (SSSR count). The minimum atomic E-state index is -0.200. The second-order valence-corrected chi connectivity index (χ2v) is 5.74. The Morgan fingerprint density at radius 3 is 2.61 bits per heavy atom. The van der Waals surface area contributed by atoms with Gasteiger partial charge in [-0.15, -0.1) is 0 Å². The molecule has 0 saturated heterocycles. The number of halogens is 1. The molecule has 0 aliphatic carbocycles. The lowest BCUT2D eigenvalue weighted by atomic mass is 9.94. The molecule has 1 aromatic carbocycles. The Hall–Kier alpha value is -0.610. The van der Waals surface area contributed by atoms with Crippen molar-refractivity contribution in [3.05, 3.63) is 34.3 Å². The summed E-state index contributed by atoms with van der Waals surface area (Å²) in [5.74, 6) is 5.61. The second kappa shape index (κ2) is 6.53. The second-order valence-electron chi connectivity index (χ2n) is 5.33. The van der Waals surface area contributed by atoms with Gasteiger partial charge in [-0.1, -0.05) is 23.7 Å². The fourth-order valence-electron chi connectivity index (χ4n) is 1.95. The zero-order chi connectivity index (χ0) is 13.8. The Morgan fingerprint density at radius 2 is 2.11 bits per heavy atom. The molecule has 0 fully saturated rings. The van der Waals surface area contributed by atoms with Crippen molar-refractivity contribution in [2.24, 2.45) is 5.84 Å². The quantitative estimate of drug-likeness (QED) is 0.617. The third-order valence-electron chi connectivity index (χ3n) is 3.20. The average Bonchev–Trinajstić information content (AvgIpc) is 2.31. The molecule has 0 aliphatic heterocycles. The molecule has 0 bridgehead atoms. The largest absolute Gasteiger partial charge is 0.379 e. The van der Waals surface area contributed by atoms with E-state index in [0.717, 1.165) is 23.4 Å². The first-order valence-corrected chi connectivity index (χ1v) is 6.52. The third-order valence-corrected chi connectivity index (χ3v) is 3.55. The van der Waals surface area contributed by atoms with Gasteiger partial charge >= 0.3 is 0 Å². The van der Waals surface area contributed by atoms with Crippen LogP contribution in [-0.4, -0.2) is 18.8 Å². The molecule has 1 atom stereocenters. The van der Waals surface area contributed by atoms with E-state index < -0.39 is 0 Å². The molecule has 0 aromatic heterocycles. The number of rotatable bonds is 6. The summed E-state index contributed by atoms with van der Waals surface area (Å²) in [6.45, 7) is 6.13. The Labute approximate surface area is 115 Å². The minimum absolute atomic E-state index is 0.139. The van der Waals surface area contributed by atoms with Gasteiger partial charge in [0.1, 0.15) is 0 Å². The van der Waals surface area contributed by atoms with Gasteiger partial charge in [0.15, 0.2) is 0 Å². The molecular formula is C14H23ClN2O. The summed E-state index contributed by atoms with van der Waals surface area (Å²) < 4.78 is 5.43. The highest BCUT2D eigenvalue weighted by molar-refractivity contribution is 6.31. The van der Waals surface area contributed by atoms with Crippen LogP contribution in [0.2, 0.25) is 5.02 Å². The van der Waals surface area contributed by atoms with E-state index in [1.165, 1.54) is 5.56 Å². The van der Waals surface area contributed by atoms with E-state index in [1.54, 1.807) is 7.11 Å². The molecule has 1 unspecified atom stereocenters. The lowest BCUT2D eigenvalue weighted by Crippen LogP contribution is -2.42. The SMILES string of the molecule is COC(C)(C)CC(Cc1ccc(C)cc1Cl)NN. The number of nitrogens with two attached hydrogens (primary N) is 1. The van der Waals surface area contributed by atoms with Crippen LogP contribution >= 0.6 is 11.6 Å². The molecule has 0 aliphatic rings. The summed E-state index contributed by atoms with van der Waals surface area (Å²) in [6.07, 6.45) is 1.62. The van der Waals surface area contributed by atoms with Crippen LogP contribution in [0.15, 0.2) is 18.2 Å². The van der Waals surface area contributed by atoms with E-state index in [4.69, 9.17) is 22.2 Å². The Balaban J connectivity index is 2.74. The maximum absolute atomic E-state index is 6.24. The van der Waals surface area contributed by atoms with Crippen molar-refractivity contribution >= 4 is 11.6 Å². The van der Waals surface area contributed by atoms with Crippen molar-refractivity contribution in [3.8, 4) is 0 Å². The van der Waals surface area contributed by atoms with Crippen molar-refractivity contribution in [1.82, 2.24) is 5.43 Å². The van der Waals surface area contributed by atoms with Crippen LogP contribution < -0.4 is 11.3 Å². The van der Waals surface area contributed by atoms with Gasteiger partial charge in [0.25, 0.3) is 0 Å². The molecule has 1 aromatic rings. The smallest absolute Gasteiger partial charge is 0.0638 e. The maximum atomic E-state index is 6.24. The Kier molecular flexibility index (Phi) is 5.60. The molecule has 0 radical (unpaired) electrons. The normalized spacial score (nSPS) is 13.7. The number of nitrogens with one attached hydrogen (secondary N) is 1. The number of benzene rings is 1. The number of aryl methyl sites for hydroxylation is 1. The number of hydrazine groups is 1. The summed E-state index contributed by atoms with van der Waals surface area (Å²) in [7, 11) is 1.71. The molecule has 3 N–H and O–H groups in total. The maximum Gasteiger partial charge on any atom is 0.0638 e. The molecule has 18 heavy (non-hydrogen) atoms. The van der Waals surface area contributed by atoms with Crippen molar-refractivity contribution in [1.29, 1.82) is 0 Å². The highest BCUT2D eigenvalue weighted by atomic mass is 35.5. The summed E-state index contributed by atoms with van der Waals surface area (Å²) in [5.41, 5.74) is 4.92. The fourth-order valence-corrected chi connectivity index (χ4v) is 2.26. The van der Waals surface area contributed by atoms with Gasteiger partial charge in [-0.25, -0.2) is 0 Å². The molecule has 102 valence electrons. The van der Waals surface area contributed by atoms with E-state index in [2.05, 4.69) is 17.6 Å². The minimum Gasteiger partial charge on any atom is -0.379 e. The molecule has 0 saturated carbocycles. The van der Waals surface area contributed by atoms with Crippen molar-refractivity contribution in [3.63, 3.8) is 0 Å². The van der Waals surface area contributed by atoms with Gasteiger partial charge in [0, 0.05) is 18.2 Å². The van der Waals surface area contributed by atoms with Crippen molar-refractivity contribution in [2.45, 2.75) is 45.3 Å². The summed E-state index contributed by atoms with van der Waals surface area (Å²) in [5, 5.41) is 0.797. The monoisotopic (exact) mass is 270 g/mol. The number of ether oxygens (including phenoxy) is 1. The fraction of sp³-hybridized carbons (Fsp3) is 0.571. The molecule has 0 amide bonds. The lowest BCUT2D eigenvalue weighted by molar-refractivity contribution is 0.00711. The zero-order valence-electron chi connectivity index (χ0n) is 11.6. The topological polar surface area (TPSA) is 47.3 Å². The first-order valence-electron chi connectivity index (χ1n) is 6.14. The Bertz CT molecular complexity index is 393. The molecule has 4 heteroatoms. The van der Waals surface area contributed by atoms with Crippen molar-refractivity contribution in [2.75, 3.05) is 7.11 Å². The molecular weight excluding hydrogens is 248 g/mol. The summed E-state index contributed by atoms with van der Waals surface area (Å²) in [6, 6.07) is 6.24. The van der Waals surface area contributed by atoms with Gasteiger partial charge in [-0.05, 0) is 50.8 Å². The van der Waals surface area contributed by atoms with Crippen LogP contribution in [0.5, 0.6) is 0 Å². The van der Waals surface area contributed by atoms with E-state index in [1.807, 2.05) is 26.8 Å². The average molecular weight is 271 g/mol. The van der Waals surface area contributed by atoms with E-state index >= 15 is 0 Å². The lowest BCUT2D eigenvalue weighted by Gasteiger charge is -2.28. The first-order chi connectivity index (χ1) is 8.38. The zero-order valence-corrected chi connectivity index (χ0v) is 12.3. The number of hydrogen-bond acceptors (Lipinski definition) is 3. The van der Waals surface area contributed by atoms with Gasteiger partial charge in [-0.2, -0.15) is 0 Å². The predicted octanol–water partition coefficient (Wildman–Crippen LogP) is 2.84. The van der Waals surface area contributed by atoms with Gasteiger partial charge in [0.2, 0.25) is 0 Å². The van der Waals surface area contributed by atoms with E-state index in [0.29, 0.717) is 0 Å². The standard InChI is InChI=1S/C14H23ClN2O/c1-10-5-6-11(13(15)7-10)8-12(17-16)9-14(2,3)18-4/h5-7,12,17H,8-9,16H2,1-4H3.